The van der Waals surface area contributed by atoms with Gasteiger partial charge in [-0.15, -0.1) is 0 Å². The molecule has 0 fully saturated rings. The topological polar surface area (TPSA) is 71.5 Å². The fraction of sp³-hybridized carbons (Fsp3) is 0.450. The maximum absolute atomic E-state index is 12.8. The van der Waals surface area contributed by atoms with E-state index in [0.29, 0.717) is 5.75 Å². The highest BCUT2D eigenvalue weighted by molar-refractivity contribution is 7.92. The van der Waals surface area contributed by atoms with Gasteiger partial charge in [0.05, 0.1) is 19.0 Å². The highest BCUT2D eigenvalue weighted by atomic mass is 32.2. The number of aromatic nitrogens is 1. The van der Waals surface area contributed by atoms with E-state index >= 15 is 0 Å². The van der Waals surface area contributed by atoms with Gasteiger partial charge in [-0.25, -0.2) is 13.4 Å². The molecule has 148 valence electrons. The Morgan fingerprint density at radius 1 is 1.07 bits per heavy atom. The summed E-state index contributed by atoms with van der Waals surface area (Å²) in [6.45, 7) is 9.95. The van der Waals surface area contributed by atoms with Gasteiger partial charge in [0.15, 0.2) is 0 Å². The maximum Gasteiger partial charge on any atom is 0.266 e. The molecule has 27 heavy (non-hydrogen) atoms. The molecule has 2 rings (SSSR count). The number of ether oxygens (including phenoxy) is 1. The van der Waals surface area contributed by atoms with Crippen molar-refractivity contribution < 1.29 is 13.2 Å². The normalized spacial score (nSPS) is 11.3. The monoisotopic (exact) mass is 391 g/mol. The molecule has 0 atom stereocenters. The third kappa shape index (κ3) is 5.13. The number of benzene rings is 1. The van der Waals surface area contributed by atoms with Crippen molar-refractivity contribution in [2.24, 2.45) is 0 Å². The Morgan fingerprint density at radius 2 is 1.70 bits per heavy atom. The number of anilines is 2. The second-order valence-corrected chi connectivity index (χ2v) is 8.23. The number of sulfonamides is 1. The van der Waals surface area contributed by atoms with Gasteiger partial charge in [0, 0.05) is 13.1 Å². The summed E-state index contributed by atoms with van der Waals surface area (Å²) < 4.78 is 33.5. The summed E-state index contributed by atoms with van der Waals surface area (Å²) in [6, 6.07) is 6.94. The summed E-state index contributed by atoms with van der Waals surface area (Å²) in [5.74, 6) is 0.603. The zero-order valence-electron chi connectivity index (χ0n) is 16.7. The minimum Gasteiger partial charge on any atom is -0.495 e. The summed E-state index contributed by atoms with van der Waals surface area (Å²) in [6.07, 6.45) is 3.79. The molecule has 6 nitrogen and oxygen atoms in total. The van der Waals surface area contributed by atoms with Gasteiger partial charge in [0.2, 0.25) is 0 Å². The molecule has 1 aromatic heterocycles. The minimum atomic E-state index is -3.80. The molecule has 0 spiro atoms. The second-order valence-electron chi connectivity index (χ2n) is 6.58. The summed E-state index contributed by atoms with van der Waals surface area (Å²) in [4.78, 5) is 6.65. The van der Waals surface area contributed by atoms with Crippen molar-refractivity contribution in [2.75, 3.05) is 29.8 Å². The third-order valence-electron chi connectivity index (χ3n) is 4.41. The lowest BCUT2D eigenvalue weighted by atomic mass is 10.1. The third-order valence-corrected chi connectivity index (χ3v) is 5.78. The van der Waals surface area contributed by atoms with E-state index < -0.39 is 10.0 Å². The van der Waals surface area contributed by atoms with Gasteiger partial charge in [0.25, 0.3) is 10.0 Å². The zero-order chi connectivity index (χ0) is 20.0. The molecule has 7 heteroatoms. The molecule has 0 aliphatic rings. The molecule has 0 radical (unpaired) electrons. The number of pyridine rings is 1. The Kier molecular flexibility index (Phi) is 7.07. The van der Waals surface area contributed by atoms with Crippen molar-refractivity contribution in [3.8, 4) is 5.75 Å². The first-order valence-corrected chi connectivity index (χ1v) is 10.7. The number of methoxy groups -OCH3 is 1. The van der Waals surface area contributed by atoms with Crippen molar-refractivity contribution in [3.05, 3.63) is 41.6 Å². The van der Waals surface area contributed by atoms with E-state index in [1.165, 1.54) is 7.11 Å². The number of nitrogens with zero attached hydrogens (tertiary/aromatic N) is 2. The van der Waals surface area contributed by atoms with E-state index in [9.17, 15) is 8.42 Å². The lowest BCUT2D eigenvalue weighted by Gasteiger charge is -2.23. The van der Waals surface area contributed by atoms with E-state index in [1.807, 2.05) is 19.9 Å². The summed E-state index contributed by atoms with van der Waals surface area (Å²) >= 11 is 0. The summed E-state index contributed by atoms with van der Waals surface area (Å²) in [5.41, 5.74) is 2.85. The van der Waals surface area contributed by atoms with Crippen LogP contribution in [0.5, 0.6) is 5.75 Å². The molecule has 1 aromatic carbocycles. The van der Waals surface area contributed by atoms with Gasteiger partial charge in [-0.3, -0.25) is 4.72 Å². The Labute approximate surface area is 162 Å². The highest BCUT2D eigenvalue weighted by Gasteiger charge is 2.21. The number of rotatable bonds is 9. The number of hydrogen-bond acceptors (Lipinski definition) is 5. The van der Waals surface area contributed by atoms with Crippen LogP contribution >= 0.6 is 0 Å². The van der Waals surface area contributed by atoms with Crippen LogP contribution in [0.2, 0.25) is 0 Å². The fourth-order valence-corrected chi connectivity index (χ4v) is 4.11. The molecule has 0 saturated carbocycles. The number of aryl methyl sites for hydroxylation is 2. The smallest absolute Gasteiger partial charge is 0.266 e. The van der Waals surface area contributed by atoms with Gasteiger partial charge in [-0.1, -0.05) is 13.8 Å². The van der Waals surface area contributed by atoms with Crippen LogP contribution in [0.15, 0.2) is 35.4 Å². The number of nitrogens with one attached hydrogen (secondary N) is 1. The summed E-state index contributed by atoms with van der Waals surface area (Å²) in [7, 11) is -2.34. The standard InChI is InChI=1S/C20H29N3O3S/c1-6-10-23(11-7-2)17-8-9-20(21-14-17)22-27(24,25)19-13-16(4)15(3)12-18(19)26-5/h8-9,12-14H,6-7,10-11H2,1-5H3,(H,21,22). The maximum atomic E-state index is 12.8. The van der Waals surface area contributed by atoms with Crippen molar-refractivity contribution >= 4 is 21.5 Å². The SMILES string of the molecule is CCCN(CCC)c1ccc(NS(=O)(=O)c2cc(C)c(C)cc2OC)nc1. The zero-order valence-corrected chi connectivity index (χ0v) is 17.6. The van der Waals surface area contributed by atoms with E-state index in [0.717, 1.165) is 42.7 Å². The van der Waals surface area contributed by atoms with Gasteiger partial charge in [-0.2, -0.15) is 0 Å². The molecule has 0 unspecified atom stereocenters. The van der Waals surface area contributed by atoms with Crippen LogP contribution in [0.1, 0.15) is 37.8 Å². The van der Waals surface area contributed by atoms with E-state index in [2.05, 4.69) is 28.5 Å². The van der Waals surface area contributed by atoms with E-state index in [-0.39, 0.29) is 10.7 Å². The number of hydrogen-bond donors (Lipinski definition) is 1. The van der Waals surface area contributed by atoms with Gasteiger partial charge >= 0.3 is 0 Å². The van der Waals surface area contributed by atoms with Gasteiger partial charge in [0.1, 0.15) is 16.5 Å². The molecule has 0 bridgehead atoms. The van der Waals surface area contributed by atoms with Crippen molar-refractivity contribution in [2.45, 2.75) is 45.4 Å². The van der Waals surface area contributed by atoms with Crippen LogP contribution in [-0.2, 0) is 10.0 Å². The molecule has 1 N–H and O–H groups in total. The van der Waals surface area contributed by atoms with Crippen molar-refractivity contribution in [1.29, 1.82) is 0 Å². The Morgan fingerprint density at radius 3 is 2.22 bits per heavy atom. The van der Waals surface area contributed by atoms with Crippen molar-refractivity contribution in [1.82, 2.24) is 4.98 Å². The molecular formula is C20H29N3O3S. The Hall–Kier alpha value is -2.28. The largest absolute Gasteiger partial charge is 0.495 e. The molecule has 2 aromatic rings. The molecular weight excluding hydrogens is 362 g/mol. The van der Waals surface area contributed by atoms with Crippen LogP contribution in [0.25, 0.3) is 0 Å². The predicted octanol–water partition coefficient (Wildman–Crippen LogP) is 4.13. The molecule has 0 aliphatic carbocycles. The van der Waals surface area contributed by atoms with Crippen LogP contribution in [0, 0.1) is 13.8 Å². The Balaban J connectivity index is 2.27. The van der Waals surface area contributed by atoms with E-state index in [1.54, 1.807) is 24.4 Å². The minimum absolute atomic E-state index is 0.109. The average Bonchev–Trinajstić information content (AvgIpc) is 2.63. The van der Waals surface area contributed by atoms with Gasteiger partial charge < -0.3 is 9.64 Å². The van der Waals surface area contributed by atoms with Crippen molar-refractivity contribution in [3.63, 3.8) is 0 Å². The lowest BCUT2D eigenvalue weighted by Crippen LogP contribution is -2.25. The average molecular weight is 392 g/mol. The fourth-order valence-electron chi connectivity index (χ4n) is 2.87. The van der Waals surface area contributed by atoms with E-state index in [4.69, 9.17) is 4.74 Å². The first-order valence-electron chi connectivity index (χ1n) is 9.21. The van der Waals surface area contributed by atoms with Crippen LogP contribution in [-0.4, -0.2) is 33.6 Å². The van der Waals surface area contributed by atoms with Crippen LogP contribution in [0.3, 0.4) is 0 Å². The first kappa shape index (κ1) is 21.0. The molecule has 0 amide bonds. The second kappa shape index (κ2) is 9.08. The molecule has 1 heterocycles. The lowest BCUT2D eigenvalue weighted by molar-refractivity contribution is 0.402. The molecule has 0 aliphatic heterocycles. The van der Waals surface area contributed by atoms with Crippen LogP contribution in [0.4, 0.5) is 11.5 Å². The summed E-state index contributed by atoms with van der Waals surface area (Å²) in [5, 5.41) is 0. The predicted molar refractivity (Wildman–Crippen MR) is 110 cm³/mol. The quantitative estimate of drug-likeness (QED) is 0.696. The van der Waals surface area contributed by atoms with Crippen LogP contribution < -0.4 is 14.4 Å². The van der Waals surface area contributed by atoms with Gasteiger partial charge in [-0.05, 0) is 62.1 Å². The Bertz CT molecular complexity index is 859. The first-order chi connectivity index (χ1) is 12.8. The molecule has 0 saturated heterocycles. The highest BCUT2D eigenvalue weighted by Crippen LogP contribution is 2.29.